The number of ether oxygens (including phenoxy) is 1. The van der Waals surface area contributed by atoms with Gasteiger partial charge in [-0.3, -0.25) is 9.89 Å². The highest BCUT2D eigenvalue weighted by Crippen LogP contribution is 2.16. The van der Waals surface area contributed by atoms with Gasteiger partial charge in [-0.05, 0) is 25.5 Å². The van der Waals surface area contributed by atoms with Crippen LogP contribution in [0.3, 0.4) is 0 Å². The maximum Gasteiger partial charge on any atom is 0.230 e. The number of nitrogens with zero attached hydrogens (tertiary/aromatic N) is 2. The molecule has 1 atom stereocenters. The maximum absolute atomic E-state index is 12.1. The first-order chi connectivity index (χ1) is 12.5. The summed E-state index contributed by atoms with van der Waals surface area (Å²) in [5.41, 5.74) is 7.53. The number of benzene rings is 1. The molecule has 2 aromatic rings. The van der Waals surface area contributed by atoms with Crippen molar-refractivity contribution in [3.8, 4) is 11.8 Å². The Morgan fingerprint density at radius 1 is 1.54 bits per heavy atom. The lowest BCUT2D eigenvalue weighted by atomic mass is 10.1. The number of nitrogens with one attached hydrogen (secondary N) is 2. The Bertz CT molecular complexity index is 780. The van der Waals surface area contributed by atoms with Crippen LogP contribution >= 0.6 is 0 Å². The van der Waals surface area contributed by atoms with Crippen molar-refractivity contribution in [1.82, 2.24) is 10.2 Å². The van der Waals surface area contributed by atoms with Gasteiger partial charge in [-0.1, -0.05) is 6.07 Å². The number of carbonyl (C=O) groups excluding carboxylic acids is 1. The Hall–Kier alpha value is -3.05. The molecular formula is C18H25N6O2+. The number of anilines is 2. The van der Waals surface area contributed by atoms with Crippen molar-refractivity contribution in [2.24, 2.45) is 0 Å². The number of H-pyrrole nitrogens is 1. The topological polar surface area (TPSA) is 133 Å². The maximum atomic E-state index is 12.1. The monoisotopic (exact) mass is 357 g/mol. The summed E-state index contributed by atoms with van der Waals surface area (Å²) < 4.78 is 5.15. The van der Waals surface area contributed by atoms with E-state index in [2.05, 4.69) is 26.9 Å². The summed E-state index contributed by atoms with van der Waals surface area (Å²) in [7, 11) is 1.59. The average Bonchev–Trinajstić information content (AvgIpc) is 2.98. The standard InChI is InChI=1S/C18H24N6O2/c1-12(9-17(25)22-13-5-3-6-14(10-13)26-2)21-8-4-7-16-15(11-19)18(20)24-23-16/h3,5-6,10,12,21H,4,7-9H2,1-2H3,(H,22,25)(H3,20,23,24)/p+1/t12-/m0/s1. The van der Waals surface area contributed by atoms with Gasteiger partial charge in [0.05, 0.1) is 31.8 Å². The Kier molecular flexibility index (Phi) is 7.00. The molecule has 1 amide bonds. The van der Waals surface area contributed by atoms with Gasteiger partial charge in [0.2, 0.25) is 5.91 Å². The SMILES string of the molecule is COc1cccc(NC(=O)C[C@H](C)[NH2+]CCCc2[nH]nc(N)c2C#N)c1. The number of aryl methyl sites for hydroxylation is 1. The van der Waals surface area contributed by atoms with Crippen molar-refractivity contribution < 1.29 is 14.8 Å². The number of nitrogens with two attached hydrogens (primary N) is 2. The fourth-order valence-corrected chi connectivity index (χ4v) is 2.67. The molecule has 0 bridgehead atoms. The zero-order chi connectivity index (χ0) is 18.9. The van der Waals surface area contributed by atoms with E-state index in [0.717, 1.165) is 24.3 Å². The van der Waals surface area contributed by atoms with E-state index in [0.29, 0.717) is 24.2 Å². The third-order valence-corrected chi connectivity index (χ3v) is 4.04. The van der Waals surface area contributed by atoms with Gasteiger partial charge in [-0.2, -0.15) is 10.4 Å². The number of nitriles is 1. The lowest BCUT2D eigenvalue weighted by Gasteiger charge is -2.11. The van der Waals surface area contributed by atoms with Crippen LogP contribution < -0.4 is 21.1 Å². The first-order valence-corrected chi connectivity index (χ1v) is 8.53. The zero-order valence-electron chi connectivity index (χ0n) is 15.1. The highest BCUT2D eigenvalue weighted by atomic mass is 16.5. The molecule has 138 valence electrons. The van der Waals surface area contributed by atoms with E-state index in [1.54, 1.807) is 13.2 Å². The van der Waals surface area contributed by atoms with E-state index in [9.17, 15) is 4.79 Å². The lowest BCUT2D eigenvalue weighted by molar-refractivity contribution is -0.685. The molecule has 26 heavy (non-hydrogen) atoms. The molecule has 0 aliphatic rings. The molecule has 0 saturated heterocycles. The molecule has 0 fully saturated rings. The number of rotatable bonds is 9. The van der Waals surface area contributed by atoms with Crippen LogP contribution in [0.2, 0.25) is 0 Å². The normalized spacial score (nSPS) is 11.6. The van der Waals surface area contributed by atoms with Crippen LogP contribution in [0, 0.1) is 11.3 Å². The van der Waals surface area contributed by atoms with Gasteiger partial charge < -0.3 is 21.1 Å². The van der Waals surface area contributed by atoms with Crippen molar-refractivity contribution in [3.63, 3.8) is 0 Å². The van der Waals surface area contributed by atoms with E-state index in [4.69, 9.17) is 15.7 Å². The molecule has 0 radical (unpaired) electrons. The van der Waals surface area contributed by atoms with Crippen LogP contribution in [0.25, 0.3) is 0 Å². The molecule has 0 spiro atoms. The number of aromatic nitrogens is 2. The summed E-state index contributed by atoms with van der Waals surface area (Å²) in [5, 5.41) is 20.7. The van der Waals surface area contributed by atoms with E-state index < -0.39 is 0 Å². The van der Waals surface area contributed by atoms with Crippen LogP contribution in [0.5, 0.6) is 5.75 Å². The first-order valence-electron chi connectivity index (χ1n) is 8.53. The largest absolute Gasteiger partial charge is 0.497 e. The Morgan fingerprint density at radius 2 is 2.35 bits per heavy atom. The number of aromatic amines is 1. The Labute approximate surface area is 152 Å². The fourth-order valence-electron chi connectivity index (χ4n) is 2.67. The summed E-state index contributed by atoms with van der Waals surface area (Å²) in [6, 6.07) is 9.50. The van der Waals surface area contributed by atoms with Crippen LogP contribution in [0.4, 0.5) is 11.5 Å². The van der Waals surface area contributed by atoms with Crippen LogP contribution in [0.15, 0.2) is 24.3 Å². The van der Waals surface area contributed by atoms with Crippen molar-refractivity contribution in [2.45, 2.75) is 32.2 Å². The second kappa shape index (κ2) is 9.44. The molecule has 0 saturated carbocycles. The molecule has 8 heteroatoms. The van der Waals surface area contributed by atoms with E-state index >= 15 is 0 Å². The highest BCUT2D eigenvalue weighted by molar-refractivity contribution is 5.91. The summed E-state index contributed by atoms with van der Waals surface area (Å²) in [6.45, 7) is 2.86. The minimum Gasteiger partial charge on any atom is -0.497 e. The van der Waals surface area contributed by atoms with Gasteiger partial charge in [0.15, 0.2) is 5.82 Å². The van der Waals surface area contributed by atoms with Crippen LogP contribution in [0.1, 0.15) is 31.0 Å². The minimum absolute atomic E-state index is 0.0323. The van der Waals surface area contributed by atoms with Crippen LogP contribution in [-0.2, 0) is 11.2 Å². The Morgan fingerprint density at radius 3 is 3.08 bits per heavy atom. The van der Waals surface area contributed by atoms with Crippen LogP contribution in [-0.4, -0.2) is 35.8 Å². The van der Waals surface area contributed by atoms with Gasteiger partial charge in [0.25, 0.3) is 0 Å². The predicted molar refractivity (Wildman–Crippen MR) is 98.5 cm³/mol. The molecule has 1 heterocycles. The van der Waals surface area contributed by atoms with Gasteiger partial charge >= 0.3 is 0 Å². The fraction of sp³-hybridized carbons (Fsp3) is 0.389. The molecule has 1 aromatic heterocycles. The summed E-state index contributed by atoms with van der Waals surface area (Å²) in [5.74, 6) is 0.919. The third-order valence-electron chi connectivity index (χ3n) is 4.04. The Balaban J connectivity index is 1.70. The average molecular weight is 357 g/mol. The van der Waals surface area contributed by atoms with Crippen molar-refractivity contribution in [1.29, 1.82) is 5.26 Å². The summed E-state index contributed by atoms with van der Waals surface area (Å²) >= 11 is 0. The number of amides is 1. The molecular weight excluding hydrogens is 332 g/mol. The molecule has 0 unspecified atom stereocenters. The number of methoxy groups -OCH3 is 1. The van der Waals surface area contributed by atoms with Gasteiger partial charge in [0.1, 0.15) is 17.4 Å². The van der Waals surface area contributed by atoms with E-state index in [-0.39, 0.29) is 17.8 Å². The quantitative estimate of drug-likeness (QED) is 0.492. The molecule has 1 aromatic carbocycles. The number of nitrogen functional groups attached to an aromatic ring is 1. The second-order valence-corrected chi connectivity index (χ2v) is 6.16. The highest BCUT2D eigenvalue weighted by Gasteiger charge is 2.13. The van der Waals surface area contributed by atoms with Gasteiger partial charge in [0, 0.05) is 18.2 Å². The molecule has 2 rings (SSSR count). The molecule has 6 N–H and O–H groups in total. The molecule has 0 aliphatic heterocycles. The van der Waals surface area contributed by atoms with Gasteiger partial charge in [-0.25, -0.2) is 0 Å². The zero-order valence-corrected chi connectivity index (χ0v) is 15.1. The smallest absolute Gasteiger partial charge is 0.230 e. The predicted octanol–water partition coefficient (Wildman–Crippen LogP) is 0.785. The van der Waals surface area contributed by atoms with E-state index in [1.165, 1.54) is 0 Å². The minimum atomic E-state index is -0.0323. The number of hydrogen-bond donors (Lipinski definition) is 4. The summed E-state index contributed by atoms with van der Waals surface area (Å²) in [6.07, 6.45) is 1.97. The van der Waals surface area contributed by atoms with Crippen molar-refractivity contribution >= 4 is 17.4 Å². The number of hydrogen-bond acceptors (Lipinski definition) is 5. The van der Waals surface area contributed by atoms with E-state index in [1.807, 2.05) is 25.1 Å². The molecule has 8 nitrogen and oxygen atoms in total. The third kappa shape index (κ3) is 5.50. The summed E-state index contributed by atoms with van der Waals surface area (Å²) in [4.78, 5) is 12.1. The van der Waals surface area contributed by atoms with Gasteiger partial charge in [-0.15, -0.1) is 0 Å². The number of carbonyl (C=O) groups is 1. The second-order valence-electron chi connectivity index (χ2n) is 6.16. The van der Waals surface area contributed by atoms with Crippen molar-refractivity contribution in [3.05, 3.63) is 35.5 Å². The molecule has 0 aliphatic carbocycles. The number of quaternary nitrogens is 1. The van der Waals surface area contributed by atoms with Crippen molar-refractivity contribution in [2.75, 3.05) is 24.7 Å². The first kappa shape index (κ1) is 19.3. The lowest BCUT2D eigenvalue weighted by Crippen LogP contribution is -2.89.